The lowest BCUT2D eigenvalue weighted by Gasteiger charge is -2.47. The predicted molar refractivity (Wildman–Crippen MR) is 79.9 cm³/mol. The van der Waals surface area contributed by atoms with Crippen LogP contribution in [0.4, 0.5) is 0 Å². The highest BCUT2D eigenvalue weighted by Gasteiger charge is 2.40. The molecular formula is C15H31N3O. The fourth-order valence-electron chi connectivity index (χ4n) is 3.18. The van der Waals surface area contributed by atoms with Gasteiger partial charge in [0.05, 0.1) is 5.41 Å². The topological polar surface area (TPSA) is 67.2 Å². The molecule has 0 aromatic rings. The summed E-state index contributed by atoms with van der Waals surface area (Å²) in [7, 11) is 0. The van der Waals surface area contributed by atoms with E-state index in [4.69, 9.17) is 5.73 Å². The van der Waals surface area contributed by atoms with Crippen molar-refractivity contribution >= 4 is 5.91 Å². The number of rotatable bonds is 4. The standard InChI is InChI=1S/C15H31N3O/c1-7-15(6,10-16)12(19)17-11-8-13(2,3)18-14(4,5)9-11/h11,18H,7-10,16H2,1-6H3,(H,17,19). The van der Waals surface area contributed by atoms with Crippen LogP contribution in [0.5, 0.6) is 0 Å². The third-order valence-corrected chi connectivity index (χ3v) is 4.30. The molecule has 112 valence electrons. The van der Waals surface area contributed by atoms with Crippen molar-refractivity contribution in [3.8, 4) is 0 Å². The van der Waals surface area contributed by atoms with Crippen LogP contribution in [0, 0.1) is 5.41 Å². The van der Waals surface area contributed by atoms with Crippen molar-refractivity contribution in [3.63, 3.8) is 0 Å². The van der Waals surface area contributed by atoms with Gasteiger partial charge in [-0.05, 0) is 53.9 Å². The van der Waals surface area contributed by atoms with Crippen LogP contribution >= 0.6 is 0 Å². The molecule has 1 amide bonds. The normalized spacial score (nSPS) is 25.6. The highest BCUT2D eigenvalue weighted by molar-refractivity contribution is 5.82. The monoisotopic (exact) mass is 269 g/mol. The Hall–Kier alpha value is -0.610. The van der Waals surface area contributed by atoms with E-state index in [2.05, 4.69) is 38.3 Å². The molecule has 1 atom stereocenters. The number of amides is 1. The minimum Gasteiger partial charge on any atom is -0.353 e. The maximum absolute atomic E-state index is 12.4. The van der Waals surface area contributed by atoms with E-state index >= 15 is 0 Å². The summed E-state index contributed by atoms with van der Waals surface area (Å²) in [4.78, 5) is 12.4. The number of nitrogens with one attached hydrogen (secondary N) is 2. The molecule has 1 heterocycles. The lowest BCUT2D eigenvalue weighted by molar-refractivity contribution is -0.131. The summed E-state index contributed by atoms with van der Waals surface area (Å²) in [6, 6.07) is 0.219. The second kappa shape index (κ2) is 5.41. The molecule has 4 N–H and O–H groups in total. The molecule has 4 nitrogen and oxygen atoms in total. The molecule has 0 spiro atoms. The van der Waals surface area contributed by atoms with Gasteiger partial charge in [0.15, 0.2) is 0 Å². The van der Waals surface area contributed by atoms with Crippen LogP contribution in [0.3, 0.4) is 0 Å². The summed E-state index contributed by atoms with van der Waals surface area (Å²) in [5, 5.41) is 6.84. The van der Waals surface area contributed by atoms with Gasteiger partial charge in [-0.3, -0.25) is 4.79 Å². The average Bonchev–Trinajstić information content (AvgIpc) is 2.23. The third-order valence-electron chi connectivity index (χ3n) is 4.30. The third kappa shape index (κ3) is 4.18. The minimum atomic E-state index is -0.445. The van der Waals surface area contributed by atoms with Gasteiger partial charge in [0.1, 0.15) is 0 Å². The first-order valence-corrected chi connectivity index (χ1v) is 7.34. The van der Waals surface area contributed by atoms with Gasteiger partial charge in [0, 0.05) is 23.7 Å². The quantitative estimate of drug-likeness (QED) is 0.729. The van der Waals surface area contributed by atoms with E-state index in [-0.39, 0.29) is 23.0 Å². The van der Waals surface area contributed by atoms with E-state index in [1.807, 2.05) is 13.8 Å². The molecule has 0 bridgehead atoms. The number of carbonyl (C=O) groups is 1. The van der Waals surface area contributed by atoms with Crippen LogP contribution in [0.2, 0.25) is 0 Å². The molecule has 1 rings (SSSR count). The molecule has 19 heavy (non-hydrogen) atoms. The highest BCUT2D eigenvalue weighted by atomic mass is 16.2. The van der Waals surface area contributed by atoms with E-state index in [1.165, 1.54) is 0 Å². The highest BCUT2D eigenvalue weighted by Crippen LogP contribution is 2.29. The predicted octanol–water partition coefficient (Wildman–Crippen LogP) is 1.79. The van der Waals surface area contributed by atoms with Crippen molar-refractivity contribution in [2.75, 3.05) is 6.54 Å². The second-order valence-corrected chi connectivity index (χ2v) is 7.59. The summed E-state index contributed by atoms with van der Waals surface area (Å²) >= 11 is 0. The molecule has 1 aliphatic rings. The SMILES string of the molecule is CCC(C)(CN)C(=O)NC1CC(C)(C)NC(C)(C)C1. The number of hydrogen-bond acceptors (Lipinski definition) is 3. The Morgan fingerprint density at radius 1 is 1.32 bits per heavy atom. The molecule has 1 aliphatic heterocycles. The van der Waals surface area contributed by atoms with Crippen LogP contribution in [-0.4, -0.2) is 29.6 Å². The Kier molecular flexibility index (Phi) is 4.68. The van der Waals surface area contributed by atoms with Crippen molar-refractivity contribution in [2.45, 2.75) is 77.9 Å². The molecule has 4 heteroatoms. The van der Waals surface area contributed by atoms with Crippen LogP contribution in [-0.2, 0) is 4.79 Å². The average molecular weight is 269 g/mol. The van der Waals surface area contributed by atoms with E-state index in [9.17, 15) is 4.79 Å². The van der Waals surface area contributed by atoms with Crippen molar-refractivity contribution in [2.24, 2.45) is 11.1 Å². The Labute approximate surface area is 117 Å². The zero-order valence-electron chi connectivity index (χ0n) is 13.4. The second-order valence-electron chi connectivity index (χ2n) is 7.59. The fraction of sp³-hybridized carbons (Fsp3) is 0.933. The van der Waals surface area contributed by atoms with Gasteiger partial charge < -0.3 is 16.4 Å². The Morgan fingerprint density at radius 3 is 2.16 bits per heavy atom. The Bertz CT molecular complexity index is 316. The lowest BCUT2D eigenvalue weighted by atomic mass is 9.78. The zero-order chi connectivity index (χ0) is 14.9. The number of nitrogens with two attached hydrogens (primary N) is 1. The van der Waals surface area contributed by atoms with Gasteiger partial charge in [-0.1, -0.05) is 6.92 Å². The molecule has 1 saturated heterocycles. The van der Waals surface area contributed by atoms with Gasteiger partial charge in [0.25, 0.3) is 0 Å². The van der Waals surface area contributed by atoms with Gasteiger partial charge in [-0.2, -0.15) is 0 Å². The minimum absolute atomic E-state index is 0.0467. The maximum Gasteiger partial charge on any atom is 0.227 e. The van der Waals surface area contributed by atoms with E-state index in [0.717, 1.165) is 19.3 Å². The first-order valence-electron chi connectivity index (χ1n) is 7.34. The summed E-state index contributed by atoms with van der Waals surface area (Å²) < 4.78 is 0. The molecular weight excluding hydrogens is 238 g/mol. The summed E-state index contributed by atoms with van der Waals surface area (Å²) in [6.45, 7) is 13.1. The van der Waals surface area contributed by atoms with Gasteiger partial charge in [-0.15, -0.1) is 0 Å². The molecule has 0 radical (unpaired) electrons. The van der Waals surface area contributed by atoms with Crippen LogP contribution in [0.15, 0.2) is 0 Å². The fourth-order valence-corrected chi connectivity index (χ4v) is 3.18. The van der Waals surface area contributed by atoms with E-state index < -0.39 is 5.41 Å². The van der Waals surface area contributed by atoms with Crippen molar-refractivity contribution in [1.82, 2.24) is 10.6 Å². The van der Waals surface area contributed by atoms with Crippen LogP contribution in [0.1, 0.15) is 60.8 Å². The Balaban J connectivity index is 2.74. The van der Waals surface area contributed by atoms with Crippen LogP contribution in [0.25, 0.3) is 0 Å². The molecule has 0 aromatic heterocycles. The number of hydrogen-bond donors (Lipinski definition) is 3. The van der Waals surface area contributed by atoms with E-state index in [1.54, 1.807) is 0 Å². The van der Waals surface area contributed by atoms with E-state index in [0.29, 0.717) is 6.54 Å². The first-order chi connectivity index (χ1) is 8.53. The summed E-state index contributed by atoms with van der Waals surface area (Å²) in [5.41, 5.74) is 5.41. The van der Waals surface area contributed by atoms with Gasteiger partial charge >= 0.3 is 0 Å². The molecule has 1 fully saturated rings. The lowest BCUT2D eigenvalue weighted by Crippen LogP contribution is -2.63. The number of carbonyl (C=O) groups excluding carboxylic acids is 1. The Morgan fingerprint density at radius 2 is 1.79 bits per heavy atom. The van der Waals surface area contributed by atoms with Crippen molar-refractivity contribution in [1.29, 1.82) is 0 Å². The largest absolute Gasteiger partial charge is 0.353 e. The summed E-state index contributed by atoms with van der Waals surface area (Å²) in [6.07, 6.45) is 2.67. The van der Waals surface area contributed by atoms with Crippen LogP contribution < -0.4 is 16.4 Å². The van der Waals surface area contributed by atoms with Gasteiger partial charge in [-0.25, -0.2) is 0 Å². The van der Waals surface area contributed by atoms with Gasteiger partial charge in [0.2, 0.25) is 5.91 Å². The smallest absolute Gasteiger partial charge is 0.227 e. The van der Waals surface area contributed by atoms with Crippen molar-refractivity contribution < 1.29 is 4.79 Å². The summed E-state index contributed by atoms with van der Waals surface area (Å²) in [5.74, 6) is 0.0935. The molecule has 1 unspecified atom stereocenters. The van der Waals surface area contributed by atoms with Crippen molar-refractivity contribution in [3.05, 3.63) is 0 Å². The molecule has 0 aliphatic carbocycles. The molecule has 0 aromatic carbocycles. The first kappa shape index (κ1) is 16.4. The number of piperidine rings is 1. The zero-order valence-corrected chi connectivity index (χ0v) is 13.4. The maximum atomic E-state index is 12.4. The molecule has 0 saturated carbocycles.